The molecule has 2 atom stereocenters. The van der Waals surface area contributed by atoms with Crippen molar-refractivity contribution < 1.29 is 14.3 Å². The molecule has 2 rings (SSSR count). The van der Waals surface area contributed by atoms with E-state index in [4.69, 9.17) is 0 Å². The van der Waals surface area contributed by atoms with E-state index >= 15 is 0 Å². The zero-order valence-corrected chi connectivity index (χ0v) is 11.9. The number of nitrogens with one attached hydrogen (secondary N) is 1. The Labute approximate surface area is 118 Å². The van der Waals surface area contributed by atoms with E-state index in [0.717, 1.165) is 12.1 Å². The Morgan fingerprint density at radius 1 is 1.50 bits per heavy atom. The molecule has 1 aliphatic heterocycles. The molecule has 0 saturated carbocycles. The van der Waals surface area contributed by atoms with Crippen molar-refractivity contribution in [2.75, 3.05) is 19.6 Å². The zero-order chi connectivity index (χ0) is 14.8. The summed E-state index contributed by atoms with van der Waals surface area (Å²) in [6.07, 6.45) is 0.688. The molecular formula is C15H21FN2O2. The minimum absolute atomic E-state index is 0.0838. The third-order valence-corrected chi connectivity index (χ3v) is 3.65. The third-order valence-electron chi connectivity index (χ3n) is 3.65. The number of amides is 1. The molecule has 1 aliphatic rings. The van der Waals surface area contributed by atoms with E-state index in [9.17, 15) is 14.3 Å². The molecule has 0 aliphatic carbocycles. The first-order valence-corrected chi connectivity index (χ1v) is 6.85. The lowest BCUT2D eigenvalue weighted by Crippen LogP contribution is -2.39. The van der Waals surface area contributed by atoms with Crippen LogP contribution in [0.5, 0.6) is 0 Å². The Morgan fingerprint density at radius 2 is 2.15 bits per heavy atom. The van der Waals surface area contributed by atoms with E-state index in [1.807, 2.05) is 11.8 Å². The number of carbonyl (C=O) groups is 1. The van der Waals surface area contributed by atoms with Crippen molar-refractivity contribution in [1.29, 1.82) is 0 Å². The molecule has 1 aromatic rings. The molecular weight excluding hydrogens is 259 g/mol. The van der Waals surface area contributed by atoms with Crippen molar-refractivity contribution in [2.24, 2.45) is 0 Å². The molecule has 0 spiro atoms. The van der Waals surface area contributed by atoms with Gasteiger partial charge in [0.15, 0.2) is 0 Å². The number of hydrogen-bond acceptors (Lipinski definition) is 3. The van der Waals surface area contributed by atoms with E-state index in [1.165, 1.54) is 12.1 Å². The largest absolute Gasteiger partial charge is 0.389 e. The molecule has 1 heterocycles. The summed E-state index contributed by atoms with van der Waals surface area (Å²) in [5.41, 5.74) is 0.177. The highest BCUT2D eigenvalue weighted by atomic mass is 19.1. The molecule has 20 heavy (non-hydrogen) atoms. The quantitative estimate of drug-likeness (QED) is 0.878. The number of β-amino-alcohol motifs (C(OH)–C–C–N with tert-alkyl or cyclic N) is 1. The van der Waals surface area contributed by atoms with Gasteiger partial charge in [-0.15, -0.1) is 0 Å². The van der Waals surface area contributed by atoms with Gasteiger partial charge in [0, 0.05) is 13.1 Å². The van der Waals surface area contributed by atoms with Gasteiger partial charge in [0.05, 0.1) is 18.2 Å². The van der Waals surface area contributed by atoms with E-state index in [1.54, 1.807) is 19.1 Å². The number of hydrogen-bond donors (Lipinski definition) is 2. The van der Waals surface area contributed by atoms with Gasteiger partial charge in [0.25, 0.3) is 0 Å². The van der Waals surface area contributed by atoms with Crippen molar-refractivity contribution in [2.45, 2.75) is 31.9 Å². The van der Waals surface area contributed by atoms with E-state index in [-0.39, 0.29) is 24.3 Å². The van der Waals surface area contributed by atoms with Gasteiger partial charge in [-0.3, -0.25) is 9.69 Å². The molecule has 5 heteroatoms. The normalized spacial score (nSPS) is 24.6. The zero-order valence-electron chi connectivity index (χ0n) is 11.9. The van der Waals surface area contributed by atoms with Crippen molar-refractivity contribution in [3.05, 3.63) is 35.6 Å². The summed E-state index contributed by atoms with van der Waals surface area (Å²) in [6.45, 7) is 5.18. The molecule has 0 bridgehead atoms. The molecule has 0 radical (unpaired) electrons. The maximum absolute atomic E-state index is 12.8. The van der Waals surface area contributed by atoms with Gasteiger partial charge in [-0.2, -0.15) is 0 Å². The number of likely N-dealkylation sites (tertiary alicyclic amines) is 1. The van der Waals surface area contributed by atoms with Crippen LogP contribution >= 0.6 is 0 Å². The van der Waals surface area contributed by atoms with Crippen LogP contribution in [0.2, 0.25) is 0 Å². The monoisotopic (exact) mass is 280 g/mol. The Bertz CT molecular complexity index is 473. The fourth-order valence-electron chi connectivity index (χ4n) is 2.50. The van der Waals surface area contributed by atoms with Crippen LogP contribution in [0.3, 0.4) is 0 Å². The maximum atomic E-state index is 12.8. The molecule has 2 N–H and O–H groups in total. The topological polar surface area (TPSA) is 52.6 Å². The van der Waals surface area contributed by atoms with Crippen LogP contribution in [-0.4, -0.2) is 41.1 Å². The first-order valence-electron chi connectivity index (χ1n) is 6.85. The fourth-order valence-corrected chi connectivity index (χ4v) is 2.50. The van der Waals surface area contributed by atoms with Crippen molar-refractivity contribution >= 4 is 5.91 Å². The molecule has 1 saturated heterocycles. The van der Waals surface area contributed by atoms with Gasteiger partial charge in [0.1, 0.15) is 5.82 Å². The summed E-state index contributed by atoms with van der Waals surface area (Å²) in [5, 5.41) is 12.7. The van der Waals surface area contributed by atoms with Gasteiger partial charge >= 0.3 is 0 Å². The summed E-state index contributed by atoms with van der Waals surface area (Å²) in [6, 6.07) is 5.94. The first-order chi connectivity index (χ1) is 9.35. The minimum atomic E-state index is -0.692. The summed E-state index contributed by atoms with van der Waals surface area (Å²) in [5.74, 6) is -0.369. The third kappa shape index (κ3) is 4.02. The molecule has 2 unspecified atom stereocenters. The summed E-state index contributed by atoms with van der Waals surface area (Å²) in [7, 11) is 0. The number of carbonyl (C=O) groups excluding carboxylic acids is 1. The molecule has 110 valence electrons. The van der Waals surface area contributed by atoms with Gasteiger partial charge in [-0.05, 0) is 38.0 Å². The second kappa shape index (κ2) is 5.89. The van der Waals surface area contributed by atoms with Crippen LogP contribution in [-0.2, 0) is 4.79 Å². The van der Waals surface area contributed by atoms with Crippen LogP contribution in [0.4, 0.5) is 4.39 Å². The predicted octanol–water partition coefficient (Wildman–Crippen LogP) is 1.46. The molecule has 4 nitrogen and oxygen atoms in total. The minimum Gasteiger partial charge on any atom is -0.389 e. The van der Waals surface area contributed by atoms with Crippen LogP contribution < -0.4 is 5.32 Å². The highest BCUT2D eigenvalue weighted by Crippen LogP contribution is 2.19. The Hall–Kier alpha value is -1.46. The Morgan fingerprint density at radius 3 is 2.70 bits per heavy atom. The van der Waals surface area contributed by atoms with Gasteiger partial charge in [0.2, 0.25) is 5.91 Å². The SMILES string of the molecule is CC(NC(=O)CN1CCC(C)(O)C1)c1ccc(F)cc1. The lowest BCUT2D eigenvalue weighted by atomic mass is 10.1. The average molecular weight is 280 g/mol. The van der Waals surface area contributed by atoms with Crippen molar-refractivity contribution in [3.63, 3.8) is 0 Å². The number of nitrogens with zero attached hydrogens (tertiary/aromatic N) is 1. The molecule has 1 aromatic carbocycles. The number of halogens is 1. The lowest BCUT2D eigenvalue weighted by molar-refractivity contribution is -0.122. The van der Waals surface area contributed by atoms with Crippen LogP contribution in [0.25, 0.3) is 0 Å². The van der Waals surface area contributed by atoms with Gasteiger partial charge in [-0.25, -0.2) is 4.39 Å². The molecule has 0 aromatic heterocycles. The van der Waals surface area contributed by atoms with Crippen molar-refractivity contribution in [1.82, 2.24) is 10.2 Å². The van der Waals surface area contributed by atoms with E-state index in [2.05, 4.69) is 5.32 Å². The van der Waals surface area contributed by atoms with E-state index < -0.39 is 5.60 Å². The standard InChI is InChI=1S/C15H21FN2O2/c1-11(12-3-5-13(16)6-4-12)17-14(19)9-18-8-7-15(2,20)10-18/h3-6,11,20H,7-10H2,1-2H3,(H,17,19). The lowest BCUT2D eigenvalue weighted by Gasteiger charge is -2.20. The summed E-state index contributed by atoms with van der Waals surface area (Å²) < 4.78 is 12.8. The van der Waals surface area contributed by atoms with Crippen LogP contribution in [0.1, 0.15) is 31.9 Å². The second-order valence-corrected chi connectivity index (χ2v) is 5.80. The highest BCUT2D eigenvalue weighted by Gasteiger charge is 2.32. The van der Waals surface area contributed by atoms with Gasteiger partial charge in [-0.1, -0.05) is 12.1 Å². The number of benzene rings is 1. The van der Waals surface area contributed by atoms with E-state index in [0.29, 0.717) is 13.0 Å². The number of rotatable bonds is 4. The van der Waals surface area contributed by atoms with Crippen LogP contribution in [0, 0.1) is 5.82 Å². The van der Waals surface area contributed by atoms with Crippen molar-refractivity contribution in [3.8, 4) is 0 Å². The Balaban J connectivity index is 1.84. The van der Waals surface area contributed by atoms with Crippen LogP contribution in [0.15, 0.2) is 24.3 Å². The smallest absolute Gasteiger partial charge is 0.234 e. The second-order valence-electron chi connectivity index (χ2n) is 5.80. The van der Waals surface area contributed by atoms with Gasteiger partial charge < -0.3 is 10.4 Å². The first kappa shape index (κ1) is 14.9. The average Bonchev–Trinajstić information content (AvgIpc) is 2.69. The number of aliphatic hydroxyl groups is 1. The molecule has 1 fully saturated rings. The predicted molar refractivity (Wildman–Crippen MR) is 74.6 cm³/mol. The maximum Gasteiger partial charge on any atom is 0.234 e. The highest BCUT2D eigenvalue weighted by molar-refractivity contribution is 5.78. The molecule has 1 amide bonds. The summed E-state index contributed by atoms with van der Waals surface area (Å²) in [4.78, 5) is 13.9. The fraction of sp³-hybridized carbons (Fsp3) is 0.533. The summed E-state index contributed by atoms with van der Waals surface area (Å²) >= 11 is 0. The Kier molecular flexibility index (Phi) is 4.40.